The van der Waals surface area contributed by atoms with Crippen LogP contribution >= 0.6 is 0 Å². The van der Waals surface area contributed by atoms with E-state index in [2.05, 4.69) is 37.5 Å². The van der Waals surface area contributed by atoms with Gasteiger partial charge in [0, 0.05) is 37.3 Å². The van der Waals surface area contributed by atoms with Gasteiger partial charge in [-0.15, -0.1) is 0 Å². The van der Waals surface area contributed by atoms with Crippen molar-refractivity contribution in [1.29, 1.82) is 0 Å². The molecule has 20 heavy (non-hydrogen) atoms. The Morgan fingerprint density at radius 1 is 1.20 bits per heavy atom. The quantitative estimate of drug-likeness (QED) is 0.855. The van der Waals surface area contributed by atoms with Crippen LogP contribution in [0.15, 0.2) is 24.7 Å². The van der Waals surface area contributed by atoms with E-state index >= 15 is 0 Å². The first-order chi connectivity index (χ1) is 9.72. The maximum absolute atomic E-state index is 4.57. The normalized spacial score (nSPS) is 17.5. The Labute approximate surface area is 119 Å². The molecule has 0 radical (unpaired) electrons. The van der Waals surface area contributed by atoms with E-state index in [1.807, 2.05) is 25.5 Å². The Morgan fingerprint density at radius 3 is 2.65 bits per heavy atom. The number of likely N-dealkylation sites (tertiary alicyclic amines) is 1. The molecule has 3 heterocycles. The van der Waals surface area contributed by atoms with Gasteiger partial charge in [-0.05, 0) is 38.9 Å². The lowest BCUT2D eigenvalue weighted by molar-refractivity contribution is 0.197. The fourth-order valence-corrected chi connectivity index (χ4v) is 2.84. The van der Waals surface area contributed by atoms with Crippen molar-refractivity contribution in [3.05, 3.63) is 42.0 Å². The van der Waals surface area contributed by atoms with Gasteiger partial charge in [0.25, 0.3) is 0 Å². The van der Waals surface area contributed by atoms with Crippen molar-refractivity contribution in [2.75, 3.05) is 13.1 Å². The fourth-order valence-electron chi connectivity index (χ4n) is 2.84. The second-order valence-corrected chi connectivity index (χ2v) is 5.53. The molecule has 0 aliphatic carbocycles. The molecular weight excluding hydrogens is 250 g/mol. The van der Waals surface area contributed by atoms with Crippen LogP contribution in [-0.2, 0) is 13.6 Å². The lowest BCUT2D eigenvalue weighted by Gasteiger charge is -2.31. The Bertz CT molecular complexity index is 569. The third-order valence-corrected chi connectivity index (χ3v) is 4.09. The van der Waals surface area contributed by atoms with Gasteiger partial charge in [-0.2, -0.15) is 0 Å². The highest BCUT2D eigenvalue weighted by Crippen LogP contribution is 2.26. The summed E-state index contributed by atoms with van der Waals surface area (Å²) in [7, 11) is 2.05. The summed E-state index contributed by atoms with van der Waals surface area (Å²) < 4.78 is 2.10. The van der Waals surface area contributed by atoms with E-state index in [1.165, 1.54) is 18.5 Å². The number of hydrogen-bond acceptors (Lipinski definition) is 4. The van der Waals surface area contributed by atoms with E-state index in [0.717, 1.165) is 31.3 Å². The topological polar surface area (TPSA) is 46.8 Å². The van der Waals surface area contributed by atoms with Crippen molar-refractivity contribution >= 4 is 0 Å². The first-order valence-corrected chi connectivity index (χ1v) is 7.20. The Kier molecular flexibility index (Phi) is 3.78. The summed E-state index contributed by atoms with van der Waals surface area (Å²) in [6, 6.07) is 2.06. The van der Waals surface area contributed by atoms with Crippen LogP contribution in [0.5, 0.6) is 0 Å². The van der Waals surface area contributed by atoms with Crippen LogP contribution in [0, 0.1) is 6.92 Å². The zero-order chi connectivity index (χ0) is 13.9. The van der Waals surface area contributed by atoms with Gasteiger partial charge in [-0.25, -0.2) is 15.0 Å². The van der Waals surface area contributed by atoms with Crippen molar-refractivity contribution < 1.29 is 0 Å². The average molecular weight is 271 g/mol. The van der Waals surface area contributed by atoms with E-state index < -0.39 is 0 Å². The molecule has 2 aromatic rings. The molecule has 5 nitrogen and oxygen atoms in total. The maximum atomic E-state index is 4.57. The van der Waals surface area contributed by atoms with Crippen molar-refractivity contribution in [1.82, 2.24) is 24.4 Å². The minimum Gasteiger partial charge on any atom is -0.337 e. The van der Waals surface area contributed by atoms with Crippen molar-refractivity contribution in [2.45, 2.75) is 32.2 Å². The molecule has 106 valence electrons. The third-order valence-electron chi connectivity index (χ3n) is 4.09. The summed E-state index contributed by atoms with van der Waals surface area (Å²) in [4.78, 5) is 15.6. The van der Waals surface area contributed by atoms with Crippen LogP contribution in [0.1, 0.15) is 36.1 Å². The molecule has 0 N–H and O–H groups in total. The number of rotatable bonds is 3. The molecule has 0 amide bonds. The van der Waals surface area contributed by atoms with Gasteiger partial charge in [-0.3, -0.25) is 4.90 Å². The number of nitrogens with zero attached hydrogens (tertiary/aromatic N) is 5. The second-order valence-electron chi connectivity index (χ2n) is 5.53. The number of piperidine rings is 1. The molecule has 0 aromatic carbocycles. The molecule has 1 fully saturated rings. The standard InChI is InChI=1S/C15H21N5/c1-12-16-6-3-14(18-12)13-4-8-20(9-5-13)11-15-17-7-10-19(15)2/h3,6-7,10,13H,4-5,8-9,11H2,1-2H3. The number of aromatic nitrogens is 4. The van der Waals surface area contributed by atoms with E-state index in [-0.39, 0.29) is 0 Å². The van der Waals surface area contributed by atoms with Gasteiger partial charge in [-0.1, -0.05) is 0 Å². The minimum absolute atomic E-state index is 0.578. The second kappa shape index (κ2) is 5.71. The molecule has 5 heteroatoms. The van der Waals surface area contributed by atoms with Crippen LogP contribution < -0.4 is 0 Å². The van der Waals surface area contributed by atoms with Crippen LogP contribution in [-0.4, -0.2) is 37.5 Å². The summed E-state index contributed by atoms with van der Waals surface area (Å²) in [5.74, 6) is 2.59. The van der Waals surface area contributed by atoms with Gasteiger partial charge in [0.2, 0.25) is 0 Å². The third kappa shape index (κ3) is 2.88. The smallest absolute Gasteiger partial charge is 0.125 e. The molecule has 2 aromatic heterocycles. The Hall–Kier alpha value is -1.75. The highest BCUT2D eigenvalue weighted by atomic mass is 15.2. The van der Waals surface area contributed by atoms with Crippen molar-refractivity contribution in [3.8, 4) is 0 Å². The van der Waals surface area contributed by atoms with Crippen LogP contribution in [0.2, 0.25) is 0 Å². The number of hydrogen-bond donors (Lipinski definition) is 0. The summed E-state index contributed by atoms with van der Waals surface area (Å²) in [6.07, 6.45) is 8.08. The highest BCUT2D eigenvalue weighted by Gasteiger charge is 2.22. The molecule has 0 spiro atoms. The first kappa shape index (κ1) is 13.2. The van der Waals surface area contributed by atoms with Gasteiger partial charge >= 0.3 is 0 Å². The molecule has 1 saturated heterocycles. The van der Waals surface area contributed by atoms with Crippen LogP contribution in [0.3, 0.4) is 0 Å². The van der Waals surface area contributed by atoms with E-state index in [0.29, 0.717) is 5.92 Å². The van der Waals surface area contributed by atoms with Crippen molar-refractivity contribution in [3.63, 3.8) is 0 Å². The Balaban J connectivity index is 1.58. The highest BCUT2D eigenvalue weighted by molar-refractivity contribution is 5.09. The van der Waals surface area contributed by atoms with E-state index in [4.69, 9.17) is 0 Å². The fraction of sp³-hybridized carbons (Fsp3) is 0.533. The van der Waals surface area contributed by atoms with Crippen LogP contribution in [0.4, 0.5) is 0 Å². The van der Waals surface area contributed by atoms with E-state index in [1.54, 1.807) is 0 Å². The van der Waals surface area contributed by atoms with E-state index in [9.17, 15) is 0 Å². The lowest BCUT2D eigenvalue weighted by Crippen LogP contribution is -2.33. The summed E-state index contributed by atoms with van der Waals surface area (Å²) >= 11 is 0. The zero-order valence-corrected chi connectivity index (χ0v) is 12.2. The first-order valence-electron chi connectivity index (χ1n) is 7.20. The van der Waals surface area contributed by atoms with Gasteiger partial charge in [0.05, 0.1) is 6.54 Å². The van der Waals surface area contributed by atoms with Crippen molar-refractivity contribution in [2.24, 2.45) is 7.05 Å². The summed E-state index contributed by atoms with van der Waals surface area (Å²) in [5, 5.41) is 0. The van der Waals surface area contributed by atoms with Gasteiger partial charge in [0.15, 0.2) is 0 Å². The monoisotopic (exact) mass is 271 g/mol. The number of aryl methyl sites for hydroxylation is 2. The average Bonchev–Trinajstić information content (AvgIpc) is 2.85. The minimum atomic E-state index is 0.578. The molecule has 3 rings (SSSR count). The van der Waals surface area contributed by atoms with Gasteiger partial charge in [0.1, 0.15) is 11.6 Å². The molecule has 1 aliphatic heterocycles. The molecule has 1 aliphatic rings. The Morgan fingerprint density at radius 2 is 2.00 bits per heavy atom. The predicted molar refractivity (Wildman–Crippen MR) is 77.2 cm³/mol. The van der Waals surface area contributed by atoms with Crippen LogP contribution in [0.25, 0.3) is 0 Å². The lowest BCUT2D eigenvalue weighted by atomic mass is 9.93. The molecule has 0 saturated carbocycles. The number of imidazole rings is 1. The predicted octanol–water partition coefficient (Wildman–Crippen LogP) is 1.90. The molecule has 0 unspecified atom stereocenters. The summed E-state index contributed by atoms with van der Waals surface area (Å²) in [6.45, 7) is 5.12. The zero-order valence-electron chi connectivity index (χ0n) is 12.2. The largest absolute Gasteiger partial charge is 0.337 e. The SMILES string of the molecule is Cc1nccc(C2CCN(Cc3nccn3C)CC2)n1. The molecular formula is C15H21N5. The summed E-state index contributed by atoms with van der Waals surface area (Å²) in [5.41, 5.74) is 1.20. The molecule has 0 bridgehead atoms. The van der Waals surface area contributed by atoms with Gasteiger partial charge < -0.3 is 4.57 Å². The maximum Gasteiger partial charge on any atom is 0.125 e. The molecule has 0 atom stereocenters.